The monoisotopic (exact) mass is 528 g/mol. The third kappa shape index (κ3) is 12.5. The number of aryl methyl sites for hydroxylation is 4. The van der Waals surface area contributed by atoms with Gasteiger partial charge in [0.25, 0.3) is 0 Å². The second kappa shape index (κ2) is 19.6. The Hall–Kier alpha value is -2.48. The Morgan fingerprint density at radius 1 is 0.538 bits per heavy atom. The Bertz CT molecular complexity index is 1010. The van der Waals surface area contributed by atoms with Gasteiger partial charge in [0.2, 0.25) is 0 Å². The predicted octanol–water partition coefficient (Wildman–Crippen LogP) is 11.7. The van der Waals surface area contributed by atoms with Crippen molar-refractivity contribution >= 4 is 22.8 Å². The summed E-state index contributed by atoms with van der Waals surface area (Å²) in [5.74, 6) is 0. The number of hydrogen-bond acceptors (Lipinski definition) is 2. The first kappa shape index (κ1) is 32.7. The normalized spacial score (nSPS) is 12.6. The van der Waals surface area contributed by atoms with Gasteiger partial charge >= 0.3 is 0 Å². The van der Waals surface area contributed by atoms with Crippen LogP contribution in [0.25, 0.3) is 0 Å². The van der Waals surface area contributed by atoms with E-state index in [1.54, 1.807) is 0 Å². The molecule has 0 spiro atoms. The average molecular weight is 529 g/mol. The molecule has 2 aromatic carbocycles. The van der Waals surface area contributed by atoms with Gasteiger partial charge in [-0.25, -0.2) is 4.99 Å². The van der Waals surface area contributed by atoms with Crippen molar-refractivity contribution in [2.24, 2.45) is 9.98 Å². The van der Waals surface area contributed by atoms with E-state index in [-0.39, 0.29) is 0 Å². The molecule has 0 aliphatic carbocycles. The Kier molecular flexibility index (Phi) is 16.4. The number of benzene rings is 2. The lowest BCUT2D eigenvalue weighted by molar-refractivity contribution is 0.729. The van der Waals surface area contributed by atoms with Crippen molar-refractivity contribution in [1.82, 2.24) is 0 Å². The highest BCUT2D eigenvalue weighted by Gasteiger charge is 2.10. The van der Waals surface area contributed by atoms with Crippen LogP contribution in [0.3, 0.4) is 0 Å². The Morgan fingerprint density at radius 2 is 1.00 bits per heavy atom. The van der Waals surface area contributed by atoms with Crippen LogP contribution in [0.15, 0.2) is 58.5 Å². The fourth-order valence-electron chi connectivity index (χ4n) is 5.13. The standard InChI is InChI=1S/C37H56N2/c1-7-13-15-16-17-23-37(39-35-28-32(20-11-5)25-33(29-35)21-12-6)36(22-14-8-2)38-34-26-30(18-9-3)24-31(27-34)19-10-4/h17,23-29H,7-16,18-22H2,1-6H3/b23-17+,38-36?,39-37?. The van der Waals surface area contributed by atoms with E-state index in [4.69, 9.17) is 9.98 Å². The number of rotatable bonds is 19. The number of unbranched alkanes of at least 4 members (excludes halogenated alkanes) is 4. The fraction of sp³-hybridized carbons (Fsp3) is 0.568. The van der Waals surface area contributed by atoms with Crippen LogP contribution < -0.4 is 0 Å². The zero-order chi connectivity index (χ0) is 28.3. The van der Waals surface area contributed by atoms with Crippen LogP contribution in [0.1, 0.15) is 134 Å². The number of aliphatic imine (C=N–C) groups is 2. The molecule has 0 radical (unpaired) electrons. The summed E-state index contributed by atoms with van der Waals surface area (Å²) in [5.41, 5.74) is 9.94. The van der Waals surface area contributed by atoms with Crippen molar-refractivity contribution < 1.29 is 0 Å². The van der Waals surface area contributed by atoms with Crippen molar-refractivity contribution in [2.45, 2.75) is 138 Å². The first-order valence-electron chi connectivity index (χ1n) is 16.1. The maximum Gasteiger partial charge on any atom is 0.0848 e. The molecule has 2 aromatic rings. The lowest BCUT2D eigenvalue weighted by Crippen LogP contribution is -2.12. The second-order valence-corrected chi connectivity index (χ2v) is 11.1. The molecule has 2 heteroatoms. The van der Waals surface area contributed by atoms with E-state index in [9.17, 15) is 0 Å². The van der Waals surface area contributed by atoms with Crippen LogP contribution in [-0.4, -0.2) is 11.4 Å². The molecule has 0 aliphatic heterocycles. The maximum absolute atomic E-state index is 5.35. The smallest absolute Gasteiger partial charge is 0.0848 e. The van der Waals surface area contributed by atoms with E-state index in [1.165, 1.54) is 41.5 Å². The van der Waals surface area contributed by atoms with Gasteiger partial charge in [-0.15, -0.1) is 0 Å². The van der Waals surface area contributed by atoms with Gasteiger partial charge in [-0.1, -0.05) is 105 Å². The van der Waals surface area contributed by atoms with Crippen LogP contribution in [-0.2, 0) is 25.7 Å². The average Bonchev–Trinajstić information content (AvgIpc) is 2.91. The molecule has 2 rings (SSSR count). The molecule has 0 aromatic heterocycles. The van der Waals surface area contributed by atoms with Crippen molar-refractivity contribution in [2.75, 3.05) is 0 Å². The van der Waals surface area contributed by atoms with E-state index in [0.29, 0.717) is 0 Å². The van der Waals surface area contributed by atoms with Crippen LogP contribution in [0, 0.1) is 0 Å². The van der Waals surface area contributed by atoms with Gasteiger partial charge in [-0.3, -0.25) is 4.99 Å². The summed E-state index contributed by atoms with van der Waals surface area (Å²) in [6.07, 6.45) is 21.7. The molecule has 0 heterocycles. The highest BCUT2D eigenvalue weighted by atomic mass is 14.8. The molecule has 0 aliphatic rings. The molecule has 0 saturated heterocycles. The van der Waals surface area contributed by atoms with Gasteiger partial charge in [0, 0.05) is 0 Å². The summed E-state index contributed by atoms with van der Waals surface area (Å²) in [6.45, 7) is 13.6. The number of allylic oxidation sites excluding steroid dienone is 2. The molecule has 0 atom stereocenters. The third-order valence-electron chi connectivity index (χ3n) is 7.06. The molecule has 39 heavy (non-hydrogen) atoms. The van der Waals surface area contributed by atoms with E-state index in [0.717, 1.165) is 99.8 Å². The minimum absolute atomic E-state index is 0.951. The number of hydrogen-bond donors (Lipinski definition) is 0. The first-order valence-corrected chi connectivity index (χ1v) is 16.1. The molecule has 0 bridgehead atoms. The summed E-state index contributed by atoms with van der Waals surface area (Å²) in [6, 6.07) is 14.0. The lowest BCUT2D eigenvalue weighted by atomic mass is 10.0. The number of nitrogens with zero attached hydrogens (tertiary/aromatic N) is 2. The van der Waals surface area contributed by atoms with E-state index in [2.05, 4.69) is 90.1 Å². The quantitative estimate of drug-likeness (QED) is 0.128. The topological polar surface area (TPSA) is 24.7 Å². The van der Waals surface area contributed by atoms with Crippen molar-refractivity contribution in [3.05, 3.63) is 70.8 Å². The van der Waals surface area contributed by atoms with Gasteiger partial charge in [-0.05, 0) is 104 Å². The molecule has 0 fully saturated rings. The summed E-state index contributed by atoms with van der Waals surface area (Å²) in [4.78, 5) is 10.7. The molecule has 0 saturated carbocycles. The van der Waals surface area contributed by atoms with Crippen LogP contribution in [0.5, 0.6) is 0 Å². The minimum Gasteiger partial charge on any atom is -0.251 e. The summed E-state index contributed by atoms with van der Waals surface area (Å²) in [7, 11) is 0. The van der Waals surface area contributed by atoms with Crippen molar-refractivity contribution in [3.8, 4) is 0 Å². The molecule has 214 valence electrons. The van der Waals surface area contributed by atoms with Crippen LogP contribution >= 0.6 is 0 Å². The molecule has 0 unspecified atom stereocenters. The Morgan fingerprint density at radius 3 is 1.44 bits per heavy atom. The Balaban J connectivity index is 2.64. The maximum atomic E-state index is 5.35. The van der Waals surface area contributed by atoms with Gasteiger partial charge in [0.05, 0.1) is 22.8 Å². The first-order chi connectivity index (χ1) is 19.1. The third-order valence-corrected chi connectivity index (χ3v) is 7.06. The minimum atomic E-state index is 0.951. The SMILES string of the molecule is CCCCC/C=C/C(=Nc1cc(CCC)cc(CCC)c1)C(CCCC)=Nc1cc(CCC)cc(CCC)c1. The van der Waals surface area contributed by atoms with E-state index < -0.39 is 0 Å². The summed E-state index contributed by atoms with van der Waals surface area (Å²) < 4.78 is 0. The van der Waals surface area contributed by atoms with Gasteiger partial charge in [0.1, 0.15) is 0 Å². The molecular formula is C37H56N2. The predicted molar refractivity (Wildman–Crippen MR) is 176 cm³/mol. The van der Waals surface area contributed by atoms with E-state index >= 15 is 0 Å². The molecular weight excluding hydrogens is 472 g/mol. The van der Waals surface area contributed by atoms with Crippen LogP contribution in [0.2, 0.25) is 0 Å². The van der Waals surface area contributed by atoms with Crippen molar-refractivity contribution in [3.63, 3.8) is 0 Å². The zero-order valence-corrected chi connectivity index (χ0v) is 26.1. The van der Waals surface area contributed by atoms with Crippen LogP contribution in [0.4, 0.5) is 11.4 Å². The highest BCUT2D eigenvalue weighted by molar-refractivity contribution is 6.47. The molecule has 0 amide bonds. The van der Waals surface area contributed by atoms with Gasteiger partial charge in [-0.2, -0.15) is 0 Å². The van der Waals surface area contributed by atoms with Gasteiger partial charge in [0.15, 0.2) is 0 Å². The fourth-order valence-corrected chi connectivity index (χ4v) is 5.13. The summed E-state index contributed by atoms with van der Waals surface area (Å²) in [5, 5.41) is 0. The van der Waals surface area contributed by atoms with E-state index in [1.807, 2.05) is 0 Å². The highest BCUT2D eigenvalue weighted by Crippen LogP contribution is 2.24. The zero-order valence-electron chi connectivity index (χ0n) is 26.1. The molecule has 2 nitrogen and oxygen atoms in total. The summed E-state index contributed by atoms with van der Waals surface area (Å²) >= 11 is 0. The molecule has 0 N–H and O–H groups in total. The Labute approximate surface area is 241 Å². The largest absolute Gasteiger partial charge is 0.251 e. The second-order valence-electron chi connectivity index (χ2n) is 11.1. The van der Waals surface area contributed by atoms with Crippen molar-refractivity contribution in [1.29, 1.82) is 0 Å². The van der Waals surface area contributed by atoms with Gasteiger partial charge < -0.3 is 0 Å². The lowest BCUT2D eigenvalue weighted by Gasteiger charge is -2.12.